The maximum atomic E-state index is 10.8. The summed E-state index contributed by atoms with van der Waals surface area (Å²) in [6, 6.07) is 7.18. The molecule has 0 saturated carbocycles. The molecule has 0 amide bonds. The summed E-state index contributed by atoms with van der Waals surface area (Å²) in [5.74, 6) is 0. The van der Waals surface area contributed by atoms with Crippen LogP contribution in [0.15, 0.2) is 18.2 Å². The first-order chi connectivity index (χ1) is 9.12. The molecule has 0 bridgehead atoms. The van der Waals surface area contributed by atoms with Gasteiger partial charge in [0, 0.05) is 32.6 Å². The van der Waals surface area contributed by atoms with Crippen LogP contribution < -0.4 is 5.32 Å². The first kappa shape index (κ1) is 14.9. The van der Waals surface area contributed by atoms with Crippen molar-refractivity contribution < 1.29 is 4.92 Å². The molecule has 0 aliphatic carbocycles. The van der Waals surface area contributed by atoms with Crippen molar-refractivity contribution in [2.75, 3.05) is 25.5 Å². The van der Waals surface area contributed by atoms with Crippen LogP contribution in [0, 0.1) is 21.4 Å². The summed E-state index contributed by atoms with van der Waals surface area (Å²) in [4.78, 5) is 12.6. The van der Waals surface area contributed by atoms with E-state index in [1.165, 1.54) is 6.07 Å². The van der Waals surface area contributed by atoms with E-state index in [2.05, 4.69) is 16.3 Å². The lowest BCUT2D eigenvalue weighted by Crippen LogP contribution is -2.23. The van der Waals surface area contributed by atoms with Gasteiger partial charge in [0.15, 0.2) is 0 Å². The van der Waals surface area contributed by atoms with Crippen LogP contribution in [-0.2, 0) is 6.54 Å². The number of nitrogens with zero attached hydrogens (tertiary/aromatic N) is 3. The van der Waals surface area contributed by atoms with Crippen LogP contribution in [0.1, 0.15) is 18.9 Å². The van der Waals surface area contributed by atoms with Gasteiger partial charge in [0.05, 0.1) is 11.0 Å². The van der Waals surface area contributed by atoms with Gasteiger partial charge in [-0.3, -0.25) is 15.0 Å². The van der Waals surface area contributed by atoms with Crippen molar-refractivity contribution in [3.05, 3.63) is 33.9 Å². The molecule has 102 valence electrons. The number of nitro benzene ring substituents is 1. The van der Waals surface area contributed by atoms with Crippen molar-refractivity contribution in [3.63, 3.8) is 0 Å². The van der Waals surface area contributed by atoms with Crippen molar-refractivity contribution in [3.8, 4) is 6.07 Å². The van der Waals surface area contributed by atoms with Gasteiger partial charge >= 0.3 is 0 Å². The number of nitriles is 1. The molecule has 0 radical (unpaired) electrons. The fourth-order valence-corrected chi connectivity index (χ4v) is 1.86. The molecule has 6 heteroatoms. The first-order valence-corrected chi connectivity index (χ1v) is 6.16. The predicted octanol–water partition coefficient (Wildman–Crippen LogP) is 2.37. The molecule has 1 N–H and O–H groups in total. The summed E-state index contributed by atoms with van der Waals surface area (Å²) in [6.07, 6.45) is 0.486. The van der Waals surface area contributed by atoms with Gasteiger partial charge in [0.1, 0.15) is 5.69 Å². The summed E-state index contributed by atoms with van der Waals surface area (Å²) in [5.41, 5.74) is 1.58. The van der Waals surface area contributed by atoms with Crippen molar-refractivity contribution >= 4 is 11.4 Å². The number of anilines is 1. The lowest BCUT2D eigenvalue weighted by molar-refractivity contribution is -0.384. The van der Waals surface area contributed by atoms with E-state index in [0.717, 1.165) is 12.1 Å². The average molecular weight is 262 g/mol. The molecule has 1 rings (SSSR count). The van der Waals surface area contributed by atoms with Gasteiger partial charge < -0.3 is 5.32 Å². The van der Waals surface area contributed by atoms with E-state index in [9.17, 15) is 10.1 Å². The minimum atomic E-state index is -0.400. The molecule has 0 spiro atoms. The second-order valence-electron chi connectivity index (χ2n) is 4.14. The third-order valence-electron chi connectivity index (χ3n) is 2.92. The van der Waals surface area contributed by atoms with Crippen LogP contribution in [0.3, 0.4) is 0 Å². The molecule has 6 nitrogen and oxygen atoms in total. The smallest absolute Gasteiger partial charge is 0.292 e. The zero-order chi connectivity index (χ0) is 14.3. The summed E-state index contributed by atoms with van der Waals surface area (Å²) < 4.78 is 0. The minimum Gasteiger partial charge on any atom is -0.383 e. The molecule has 0 atom stereocenters. The molecule has 0 fully saturated rings. The summed E-state index contributed by atoms with van der Waals surface area (Å²) in [7, 11) is 1.67. The lowest BCUT2D eigenvalue weighted by Gasteiger charge is -2.19. The summed E-state index contributed by atoms with van der Waals surface area (Å²) in [6.45, 7) is 4.26. The van der Waals surface area contributed by atoms with E-state index in [4.69, 9.17) is 5.26 Å². The monoisotopic (exact) mass is 262 g/mol. The Kier molecular flexibility index (Phi) is 5.76. The molecule has 0 aliphatic heterocycles. The fourth-order valence-electron chi connectivity index (χ4n) is 1.86. The normalized spacial score (nSPS) is 10.2. The Labute approximate surface area is 112 Å². The minimum absolute atomic E-state index is 0.0753. The third-order valence-corrected chi connectivity index (χ3v) is 2.92. The largest absolute Gasteiger partial charge is 0.383 e. The van der Waals surface area contributed by atoms with Crippen LogP contribution in [0.25, 0.3) is 0 Å². The Morgan fingerprint density at radius 1 is 1.53 bits per heavy atom. The van der Waals surface area contributed by atoms with E-state index >= 15 is 0 Å². The summed E-state index contributed by atoms with van der Waals surface area (Å²) >= 11 is 0. The lowest BCUT2D eigenvalue weighted by atomic mass is 10.1. The van der Waals surface area contributed by atoms with Crippen molar-refractivity contribution in [1.82, 2.24) is 4.90 Å². The van der Waals surface area contributed by atoms with E-state index in [0.29, 0.717) is 25.2 Å². The second kappa shape index (κ2) is 7.34. The van der Waals surface area contributed by atoms with Gasteiger partial charge in [-0.2, -0.15) is 5.26 Å². The zero-order valence-corrected chi connectivity index (χ0v) is 11.2. The van der Waals surface area contributed by atoms with Crippen molar-refractivity contribution in [2.45, 2.75) is 19.9 Å². The van der Waals surface area contributed by atoms with Crippen LogP contribution in [-0.4, -0.2) is 30.0 Å². The average Bonchev–Trinajstić information content (AvgIpc) is 2.42. The van der Waals surface area contributed by atoms with Gasteiger partial charge in [-0.15, -0.1) is 0 Å². The van der Waals surface area contributed by atoms with E-state index in [1.54, 1.807) is 19.2 Å². The Morgan fingerprint density at radius 3 is 2.79 bits per heavy atom. The maximum absolute atomic E-state index is 10.8. The molecule has 0 unspecified atom stereocenters. The van der Waals surface area contributed by atoms with Crippen LogP contribution >= 0.6 is 0 Å². The van der Waals surface area contributed by atoms with E-state index < -0.39 is 4.92 Å². The van der Waals surface area contributed by atoms with Gasteiger partial charge in [-0.05, 0) is 18.2 Å². The van der Waals surface area contributed by atoms with Crippen molar-refractivity contribution in [2.24, 2.45) is 0 Å². The van der Waals surface area contributed by atoms with Gasteiger partial charge in [-0.25, -0.2) is 0 Å². The number of benzene rings is 1. The highest BCUT2D eigenvalue weighted by Crippen LogP contribution is 2.25. The maximum Gasteiger partial charge on any atom is 0.292 e. The van der Waals surface area contributed by atoms with Gasteiger partial charge in [0.25, 0.3) is 5.69 Å². The van der Waals surface area contributed by atoms with Gasteiger partial charge in [0.2, 0.25) is 0 Å². The number of rotatable bonds is 7. The highest BCUT2D eigenvalue weighted by atomic mass is 16.6. The highest BCUT2D eigenvalue weighted by Gasteiger charge is 2.13. The Balaban J connectivity index is 2.84. The number of nitro groups is 1. The SMILES string of the molecule is CCN(CCC#N)Cc1ccc([N+](=O)[O-])c(NC)c1. The molecule has 19 heavy (non-hydrogen) atoms. The first-order valence-electron chi connectivity index (χ1n) is 6.16. The molecule has 0 heterocycles. The molecule has 1 aromatic carbocycles. The Bertz CT molecular complexity index is 482. The van der Waals surface area contributed by atoms with Crippen molar-refractivity contribution in [1.29, 1.82) is 5.26 Å². The molecule has 0 aliphatic rings. The molecular weight excluding hydrogens is 244 g/mol. The van der Waals surface area contributed by atoms with E-state index in [-0.39, 0.29) is 5.69 Å². The van der Waals surface area contributed by atoms with E-state index in [1.807, 2.05) is 6.92 Å². The highest BCUT2D eigenvalue weighted by molar-refractivity contribution is 5.62. The Morgan fingerprint density at radius 2 is 2.26 bits per heavy atom. The number of hydrogen-bond acceptors (Lipinski definition) is 5. The topological polar surface area (TPSA) is 82.2 Å². The predicted molar refractivity (Wildman–Crippen MR) is 73.8 cm³/mol. The van der Waals surface area contributed by atoms with Crippen LogP contribution in [0.2, 0.25) is 0 Å². The second-order valence-corrected chi connectivity index (χ2v) is 4.14. The number of nitrogens with one attached hydrogen (secondary N) is 1. The fraction of sp³-hybridized carbons (Fsp3) is 0.462. The standard InChI is InChI=1S/C13H18N4O2/c1-3-16(8-4-7-14)10-11-5-6-13(17(18)19)12(9-11)15-2/h5-6,9,15H,3-4,8,10H2,1-2H3. The molecule has 0 aromatic heterocycles. The van der Waals surface area contributed by atoms with Crippen LogP contribution in [0.4, 0.5) is 11.4 Å². The zero-order valence-electron chi connectivity index (χ0n) is 11.2. The summed E-state index contributed by atoms with van der Waals surface area (Å²) in [5, 5.41) is 22.3. The molecule has 0 saturated heterocycles. The third kappa shape index (κ3) is 4.23. The molecule has 1 aromatic rings. The molecular formula is C13H18N4O2. The van der Waals surface area contributed by atoms with Crippen LogP contribution in [0.5, 0.6) is 0 Å². The van der Waals surface area contributed by atoms with Gasteiger partial charge in [-0.1, -0.05) is 13.0 Å². The quantitative estimate of drug-likeness (QED) is 0.602. The number of hydrogen-bond donors (Lipinski definition) is 1. The Hall–Kier alpha value is -2.13.